The number of hydrogen-bond acceptors (Lipinski definition) is 5. The summed E-state index contributed by atoms with van der Waals surface area (Å²) in [6.45, 7) is 17.5. The van der Waals surface area contributed by atoms with E-state index in [-0.39, 0.29) is 50.2 Å². The van der Waals surface area contributed by atoms with Gasteiger partial charge in [0.05, 0.1) is 17.7 Å². The van der Waals surface area contributed by atoms with Gasteiger partial charge in [-0.15, -0.1) is 0 Å². The molecule has 4 saturated carbocycles. The molecular weight excluding hydrogens is 620 g/mol. The van der Waals surface area contributed by atoms with Crippen molar-refractivity contribution in [3.63, 3.8) is 0 Å². The van der Waals surface area contributed by atoms with E-state index in [1.165, 1.54) is 0 Å². The monoisotopic (exact) mass is 678 g/mol. The molecule has 5 nitrogen and oxygen atoms in total. The minimum Gasteiger partial charge on any atom is -0.461 e. The Morgan fingerprint density at radius 1 is 0.740 bits per heavy atom. The third-order valence-electron chi connectivity index (χ3n) is 15.6. The van der Waals surface area contributed by atoms with Gasteiger partial charge in [-0.05, 0) is 115 Å². The van der Waals surface area contributed by atoms with E-state index >= 15 is 0 Å². The number of rotatable bonds is 6. The van der Waals surface area contributed by atoms with E-state index in [4.69, 9.17) is 9.47 Å². The summed E-state index contributed by atoms with van der Waals surface area (Å²) in [5.74, 6) is 0.812. The van der Waals surface area contributed by atoms with Crippen molar-refractivity contribution in [2.75, 3.05) is 6.61 Å². The first-order valence-electron chi connectivity index (χ1n) is 19.3. The van der Waals surface area contributed by atoms with E-state index in [9.17, 15) is 14.4 Å². The van der Waals surface area contributed by atoms with Gasteiger partial charge in [-0.25, -0.2) is 9.59 Å². The maximum atomic E-state index is 13.8. The molecular formula is C45H58O5. The minimum atomic E-state index is -0.519. The highest BCUT2D eigenvalue weighted by Gasteiger charge is 2.68. The number of hydrogen-bond donors (Lipinski definition) is 0. The van der Waals surface area contributed by atoms with Crippen molar-refractivity contribution in [3.05, 3.63) is 82.9 Å². The van der Waals surface area contributed by atoms with Crippen molar-refractivity contribution in [1.82, 2.24) is 0 Å². The molecule has 0 amide bonds. The largest absolute Gasteiger partial charge is 0.461 e. The summed E-state index contributed by atoms with van der Waals surface area (Å²) in [5, 5.41) is 0. The molecule has 0 spiro atoms. The highest BCUT2D eigenvalue weighted by atomic mass is 16.5. The van der Waals surface area contributed by atoms with Crippen LogP contribution in [0.1, 0.15) is 139 Å². The van der Waals surface area contributed by atoms with Crippen molar-refractivity contribution in [3.8, 4) is 0 Å². The summed E-state index contributed by atoms with van der Waals surface area (Å²) in [6.07, 6.45) is 13.1. The van der Waals surface area contributed by atoms with Crippen LogP contribution in [-0.2, 0) is 20.9 Å². The van der Waals surface area contributed by atoms with E-state index in [1.54, 1.807) is 29.8 Å². The smallest absolute Gasteiger partial charge is 0.339 e. The first-order valence-corrected chi connectivity index (χ1v) is 19.3. The summed E-state index contributed by atoms with van der Waals surface area (Å²) in [4.78, 5) is 40.2. The van der Waals surface area contributed by atoms with Crippen LogP contribution in [0.25, 0.3) is 0 Å². The maximum Gasteiger partial charge on any atom is 0.339 e. The Morgan fingerprint density at radius 2 is 1.38 bits per heavy atom. The van der Waals surface area contributed by atoms with Gasteiger partial charge in [0.1, 0.15) is 12.4 Å². The molecule has 0 saturated heterocycles. The zero-order chi connectivity index (χ0) is 35.7. The Morgan fingerprint density at radius 3 is 2.08 bits per heavy atom. The summed E-state index contributed by atoms with van der Waals surface area (Å²) >= 11 is 0. The lowest BCUT2D eigenvalue weighted by Gasteiger charge is -2.70. The Balaban J connectivity index is 1.15. The van der Waals surface area contributed by atoms with Gasteiger partial charge in [0, 0.05) is 17.3 Å². The number of fused-ring (bicyclic) bond motifs is 7. The molecule has 50 heavy (non-hydrogen) atoms. The predicted octanol–water partition coefficient (Wildman–Crippen LogP) is 10.6. The fourth-order valence-corrected chi connectivity index (χ4v) is 12.3. The minimum absolute atomic E-state index is 0.0657. The fourth-order valence-electron chi connectivity index (χ4n) is 12.3. The van der Waals surface area contributed by atoms with Crippen LogP contribution in [0.5, 0.6) is 0 Å². The molecule has 5 aliphatic rings. The van der Waals surface area contributed by atoms with Crippen LogP contribution in [0.15, 0.2) is 66.2 Å². The Hall–Kier alpha value is -3.21. The van der Waals surface area contributed by atoms with Crippen LogP contribution in [-0.4, -0.2) is 24.3 Å². The third-order valence-corrected chi connectivity index (χ3v) is 15.6. The van der Waals surface area contributed by atoms with Gasteiger partial charge in [0.2, 0.25) is 0 Å². The van der Waals surface area contributed by atoms with E-state index in [0.29, 0.717) is 36.6 Å². The highest BCUT2D eigenvalue weighted by molar-refractivity contribution is 6.03. The molecule has 268 valence electrons. The lowest BCUT2D eigenvalue weighted by molar-refractivity contribution is -0.186. The fraction of sp³-hybridized carbons (Fsp3) is 0.622. The van der Waals surface area contributed by atoms with E-state index in [0.717, 1.165) is 63.4 Å². The van der Waals surface area contributed by atoms with Gasteiger partial charge in [-0.1, -0.05) is 103 Å². The third kappa shape index (κ3) is 5.43. The molecule has 0 aromatic heterocycles. The molecule has 0 N–H and O–H groups in total. The van der Waals surface area contributed by atoms with Gasteiger partial charge in [-0.2, -0.15) is 0 Å². The predicted molar refractivity (Wildman–Crippen MR) is 196 cm³/mol. The molecule has 2 aromatic carbocycles. The second kappa shape index (κ2) is 12.2. The molecule has 0 unspecified atom stereocenters. The number of carbonyl (C=O) groups excluding carboxylic acids is 3. The van der Waals surface area contributed by atoms with Crippen molar-refractivity contribution < 1.29 is 23.9 Å². The van der Waals surface area contributed by atoms with E-state index in [1.807, 2.05) is 30.3 Å². The lowest BCUT2D eigenvalue weighted by atomic mass is 9.33. The SMILES string of the molecule is CC1(C)CC[C@]2(COC(=O)c3ccccc3C(=O)OCc3ccccc3)CC[C@]3(C)C(=CC[C@@H]4[C@@]5(C)CCC(=O)C(C)(C)[C@@H]5CC[C@]43C)[C@@H]2C1. The van der Waals surface area contributed by atoms with E-state index < -0.39 is 11.9 Å². The molecule has 2 aromatic rings. The van der Waals surface area contributed by atoms with E-state index in [2.05, 4.69) is 54.5 Å². The quantitative estimate of drug-likeness (QED) is 0.225. The summed E-state index contributed by atoms with van der Waals surface area (Å²) < 4.78 is 11.9. The summed E-state index contributed by atoms with van der Waals surface area (Å²) in [5.41, 5.74) is 3.23. The van der Waals surface area contributed by atoms with Gasteiger partial charge < -0.3 is 9.47 Å². The molecule has 7 atom stereocenters. The zero-order valence-electron chi connectivity index (χ0n) is 31.5. The molecule has 0 bridgehead atoms. The number of allylic oxidation sites excluding steroid dienone is 2. The van der Waals surface area contributed by atoms with Crippen LogP contribution in [0, 0.1) is 50.2 Å². The molecule has 5 aliphatic carbocycles. The standard InChI is InChI=1S/C45H58O5/c1-40(2)23-25-45(29-50-39(48)32-16-12-11-15-31(32)38(47)49-28-30-13-9-8-10-14-30)26-24-43(6)33(34(45)27-40)17-18-36-42(5)21-20-37(46)41(3,4)35(42)19-22-44(36,43)7/h8-17,34-36H,18-29H2,1-7H3/t34-,35-,36+,42-,43+,44+,45+/m0/s1. The van der Waals surface area contributed by atoms with Crippen LogP contribution in [0.2, 0.25) is 0 Å². The zero-order valence-corrected chi connectivity index (χ0v) is 31.5. The van der Waals surface area contributed by atoms with Crippen molar-refractivity contribution in [1.29, 1.82) is 0 Å². The number of benzene rings is 2. The number of carbonyl (C=O) groups is 3. The number of Topliss-reactive ketones (excluding diaryl/α,β-unsaturated/α-hetero) is 1. The van der Waals surface area contributed by atoms with Crippen molar-refractivity contribution >= 4 is 17.7 Å². The number of ketones is 1. The molecule has 0 radical (unpaired) electrons. The Labute approximate surface area is 300 Å². The van der Waals surface area contributed by atoms with Crippen LogP contribution < -0.4 is 0 Å². The topological polar surface area (TPSA) is 69.7 Å². The first-order chi connectivity index (χ1) is 23.6. The van der Waals surface area contributed by atoms with Gasteiger partial charge in [0.25, 0.3) is 0 Å². The molecule has 5 heteroatoms. The Kier molecular flexibility index (Phi) is 8.59. The Bertz CT molecular complexity index is 1700. The molecule has 7 rings (SSSR count). The van der Waals surface area contributed by atoms with Crippen LogP contribution in [0.3, 0.4) is 0 Å². The van der Waals surface area contributed by atoms with Crippen molar-refractivity contribution in [2.45, 2.75) is 119 Å². The molecule has 0 aliphatic heterocycles. The maximum absolute atomic E-state index is 13.8. The number of ether oxygens (including phenoxy) is 2. The average Bonchev–Trinajstić information content (AvgIpc) is 3.09. The number of esters is 2. The van der Waals surface area contributed by atoms with Crippen LogP contribution in [0.4, 0.5) is 0 Å². The van der Waals surface area contributed by atoms with Gasteiger partial charge in [0.15, 0.2) is 0 Å². The van der Waals surface area contributed by atoms with Crippen molar-refractivity contribution in [2.24, 2.45) is 50.2 Å². The summed E-state index contributed by atoms with van der Waals surface area (Å²) in [7, 11) is 0. The second-order valence-corrected chi connectivity index (χ2v) is 18.9. The lowest BCUT2D eigenvalue weighted by Crippen LogP contribution is -2.64. The second-order valence-electron chi connectivity index (χ2n) is 18.9. The molecule has 4 fully saturated rings. The van der Waals surface area contributed by atoms with Gasteiger partial charge >= 0.3 is 11.9 Å². The summed E-state index contributed by atoms with van der Waals surface area (Å²) in [6, 6.07) is 16.5. The molecule has 0 heterocycles. The highest BCUT2D eigenvalue weighted by Crippen LogP contribution is 2.75. The normalized spacial score (nSPS) is 36.8. The van der Waals surface area contributed by atoms with Crippen LogP contribution >= 0.6 is 0 Å². The average molecular weight is 679 g/mol. The first kappa shape index (κ1) is 35.2. The van der Waals surface area contributed by atoms with Gasteiger partial charge in [-0.3, -0.25) is 4.79 Å².